The largest absolute Gasteiger partial charge is 0.342 e. The molecule has 1 heterocycles. The fourth-order valence-electron chi connectivity index (χ4n) is 3.25. The van der Waals surface area contributed by atoms with Crippen molar-refractivity contribution in [3.05, 3.63) is 41.4 Å². The molecule has 0 spiro atoms. The Morgan fingerprint density at radius 1 is 1.21 bits per heavy atom. The summed E-state index contributed by atoms with van der Waals surface area (Å²) in [6.07, 6.45) is 2.01. The molecule has 1 atom stereocenters. The van der Waals surface area contributed by atoms with E-state index in [0.717, 1.165) is 12.8 Å². The lowest BCUT2D eigenvalue weighted by Crippen LogP contribution is -2.42. The smallest absolute Gasteiger partial charge is 0.238 e. The van der Waals surface area contributed by atoms with Crippen LogP contribution in [0.4, 0.5) is 0 Å². The van der Waals surface area contributed by atoms with Crippen LogP contribution in [0.15, 0.2) is 41.3 Å². The molecule has 24 heavy (non-hydrogen) atoms. The molecular weight excluding hydrogens is 346 g/mol. The van der Waals surface area contributed by atoms with E-state index in [-0.39, 0.29) is 10.8 Å². The number of piperidine rings is 1. The highest BCUT2D eigenvalue weighted by molar-refractivity contribution is 7.92. The normalized spacial score (nSPS) is 18.8. The van der Waals surface area contributed by atoms with Gasteiger partial charge in [0.25, 0.3) is 0 Å². The molecule has 2 aromatic rings. The van der Waals surface area contributed by atoms with Gasteiger partial charge in [-0.05, 0) is 30.9 Å². The lowest BCUT2D eigenvalue weighted by atomic mass is 10.0. The Morgan fingerprint density at radius 3 is 2.62 bits per heavy atom. The lowest BCUT2D eigenvalue weighted by Gasteiger charge is -2.30. The third kappa shape index (κ3) is 3.42. The van der Waals surface area contributed by atoms with Crippen molar-refractivity contribution < 1.29 is 13.2 Å². The molecule has 0 bridgehead atoms. The van der Waals surface area contributed by atoms with Crippen molar-refractivity contribution in [1.82, 2.24) is 4.90 Å². The Hall–Kier alpha value is -1.59. The first kappa shape index (κ1) is 17.2. The maximum absolute atomic E-state index is 12.8. The van der Waals surface area contributed by atoms with Crippen molar-refractivity contribution >= 4 is 38.1 Å². The summed E-state index contributed by atoms with van der Waals surface area (Å²) in [6, 6.07) is 10.2. The van der Waals surface area contributed by atoms with E-state index in [1.54, 1.807) is 29.2 Å². The summed E-state index contributed by atoms with van der Waals surface area (Å²) < 4.78 is 25.6. The molecule has 0 aromatic heterocycles. The number of benzene rings is 2. The fourth-order valence-corrected chi connectivity index (χ4v) is 4.93. The van der Waals surface area contributed by atoms with Gasteiger partial charge in [0.1, 0.15) is 5.75 Å². The van der Waals surface area contributed by atoms with Crippen LogP contribution in [0, 0.1) is 5.92 Å². The molecule has 0 aliphatic carbocycles. The number of rotatable bonds is 3. The summed E-state index contributed by atoms with van der Waals surface area (Å²) in [4.78, 5) is 14.3. The monoisotopic (exact) mass is 365 g/mol. The predicted octanol–water partition coefficient (Wildman–Crippen LogP) is 3.53. The van der Waals surface area contributed by atoms with Gasteiger partial charge in [-0.3, -0.25) is 4.79 Å². The molecule has 0 radical (unpaired) electrons. The van der Waals surface area contributed by atoms with E-state index in [9.17, 15) is 13.2 Å². The number of likely N-dealkylation sites (tertiary alicyclic amines) is 1. The highest BCUT2D eigenvalue weighted by Gasteiger charge is 2.27. The quantitative estimate of drug-likeness (QED) is 0.836. The number of carbonyl (C=O) groups excluding carboxylic acids is 1. The first-order valence-corrected chi connectivity index (χ1v) is 10.1. The summed E-state index contributed by atoms with van der Waals surface area (Å²) in [6.45, 7) is 3.36. The van der Waals surface area contributed by atoms with Crippen molar-refractivity contribution in [2.45, 2.75) is 24.7 Å². The lowest BCUT2D eigenvalue weighted by molar-refractivity contribution is -0.130. The summed E-state index contributed by atoms with van der Waals surface area (Å²) in [5.74, 6) is -0.395. The molecule has 3 rings (SSSR count). The van der Waals surface area contributed by atoms with Crippen molar-refractivity contribution in [3.8, 4) is 0 Å². The molecule has 4 nitrogen and oxygen atoms in total. The SMILES string of the molecule is CC1CCCN(C(=O)CS(=O)(=O)c2ccc(Cl)c3ccccc23)C1. The summed E-state index contributed by atoms with van der Waals surface area (Å²) in [5.41, 5.74) is 0. The van der Waals surface area contributed by atoms with Crippen LogP contribution in [-0.4, -0.2) is 38.1 Å². The molecule has 1 unspecified atom stereocenters. The number of hydrogen-bond donors (Lipinski definition) is 0. The van der Waals surface area contributed by atoms with Gasteiger partial charge in [-0.2, -0.15) is 0 Å². The molecule has 1 aliphatic heterocycles. The van der Waals surface area contributed by atoms with E-state index >= 15 is 0 Å². The number of hydrogen-bond acceptors (Lipinski definition) is 3. The van der Waals surface area contributed by atoms with Crippen LogP contribution in [0.2, 0.25) is 5.02 Å². The van der Waals surface area contributed by atoms with Crippen LogP contribution in [0.1, 0.15) is 19.8 Å². The van der Waals surface area contributed by atoms with Gasteiger partial charge in [-0.15, -0.1) is 0 Å². The van der Waals surface area contributed by atoms with Crippen molar-refractivity contribution in [2.75, 3.05) is 18.8 Å². The van der Waals surface area contributed by atoms with Gasteiger partial charge in [-0.25, -0.2) is 8.42 Å². The Kier molecular flexibility index (Phi) is 4.83. The maximum Gasteiger partial charge on any atom is 0.238 e. The third-order valence-corrected chi connectivity index (χ3v) is 6.47. The molecule has 1 fully saturated rings. The van der Waals surface area contributed by atoms with E-state index in [1.807, 2.05) is 6.07 Å². The summed E-state index contributed by atoms with van der Waals surface area (Å²) >= 11 is 6.15. The van der Waals surface area contributed by atoms with Crippen LogP contribution in [0.5, 0.6) is 0 Å². The second-order valence-corrected chi connectivity index (χ2v) is 8.80. The molecule has 2 aromatic carbocycles. The Balaban J connectivity index is 1.91. The molecule has 1 aliphatic rings. The van der Waals surface area contributed by atoms with Crippen LogP contribution in [-0.2, 0) is 14.6 Å². The van der Waals surface area contributed by atoms with E-state index < -0.39 is 15.6 Å². The molecule has 6 heteroatoms. The van der Waals surface area contributed by atoms with E-state index in [0.29, 0.717) is 34.8 Å². The van der Waals surface area contributed by atoms with Crippen molar-refractivity contribution in [2.24, 2.45) is 5.92 Å². The second kappa shape index (κ2) is 6.73. The highest BCUT2D eigenvalue weighted by Crippen LogP contribution is 2.30. The molecule has 1 saturated heterocycles. The number of amides is 1. The Bertz CT molecular complexity index is 879. The first-order valence-electron chi connectivity index (χ1n) is 8.06. The van der Waals surface area contributed by atoms with E-state index in [4.69, 9.17) is 11.6 Å². The van der Waals surface area contributed by atoms with Crippen LogP contribution >= 0.6 is 11.6 Å². The van der Waals surface area contributed by atoms with Gasteiger partial charge >= 0.3 is 0 Å². The molecule has 128 valence electrons. The molecular formula is C18H20ClNO3S. The molecule has 1 amide bonds. The topological polar surface area (TPSA) is 54.5 Å². The van der Waals surface area contributed by atoms with Gasteiger partial charge < -0.3 is 4.90 Å². The Labute approximate surface area is 147 Å². The second-order valence-electron chi connectivity index (χ2n) is 6.44. The molecule has 0 saturated carbocycles. The minimum Gasteiger partial charge on any atom is -0.342 e. The zero-order valence-corrected chi connectivity index (χ0v) is 15.1. The van der Waals surface area contributed by atoms with Crippen LogP contribution in [0.25, 0.3) is 10.8 Å². The standard InChI is InChI=1S/C18H20ClNO3S/c1-13-5-4-10-20(11-13)18(21)12-24(22,23)17-9-8-16(19)14-6-2-3-7-15(14)17/h2-3,6-9,13H,4-5,10-12H2,1H3. The van der Waals surface area contributed by atoms with Gasteiger partial charge in [0.05, 0.1) is 4.90 Å². The number of halogens is 1. The zero-order chi connectivity index (χ0) is 17.3. The van der Waals surface area contributed by atoms with Crippen molar-refractivity contribution in [1.29, 1.82) is 0 Å². The average Bonchev–Trinajstić information content (AvgIpc) is 2.55. The van der Waals surface area contributed by atoms with Crippen molar-refractivity contribution in [3.63, 3.8) is 0 Å². The van der Waals surface area contributed by atoms with Gasteiger partial charge in [0.15, 0.2) is 9.84 Å². The van der Waals surface area contributed by atoms with Crippen LogP contribution < -0.4 is 0 Å². The number of fused-ring (bicyclic) bond motifs is 1. The van der Waals surface area contributed by atoms with Gasteiger partial charge in [-0.1, -0.05) is 42.8 Å². The van der Waals surface area contributed by atoms with E-state index in [2.05, 4.69) is 6.92 Å². The van der Waals surface area contributed by atoms with Crippen LogP contribution in [0.3, 0.4) is 0 Å². The Morgan fingerprint density at radius 2 is 1.92 bits per heavy atom. The maximum atomic E-state index is 12.8. The average molecular weight is 366 g/mol. The zero-order valence-electron chi connectivity index (χ0n) is 13.5. The van der Waals surface area contributed by atoms with Gasteiger partial charge in [0.2, 0.25) is 5.91 Å². The summed E-state index contributed by atoms with van der Waals surface area (Å²) in [5, 5.41) is 1.74. The third-order valence-electron chi connectivity index (χ3n) is 4.49. The number of nitrogens with zero attached hydrogens (tertiary/aromatic N) is 1. The van der Waals surface area contributed by atoms with E-state index in [1.165, 1.54) is 6.07 Å². The fraction of sp³-hybridized carbons (Fsp3) is 0.389. The molecule has 0 N–H and O–H groups in total. The predicted molar refractivity (Wildman–Crippen MR) is 96.0 cm³/mol. The summed E-state index contributed by atoms with van der Waals surface area (Å²) in [7, 11) is -3.72. The number of carbonyl (C=O) groups is 1. The highest BCUT2D eigenvalue weighted by atomic mass is 35.5. The first-order chi connectivity index (χ1) is 11.4. The van der Waals surface area contributed by atoms with Gasteiger partial charge in [0, 0.05) is 28.9 Å². The number of sulfone groups is 1. The minimum atomic E-state index is -3.72. The minimum absolute atomic E-state index is 0.168.